The van der Waals surface area contributed by atoms with Crippen molar-refractivity contribution in [3.8, 4) is 17.9 Å². The number of alkyl halides is 3. The molecule has 0 saturated heterocycles. The van der Waals surface area contributed by atoms with Gasteiger partial charge in [-0.05, 0) is 51.4 Å². The third-order valence-corrected chi connectivity index (χ3v) is 5.90. The molecular weight excluding hydrogens is 513 g/mol. The Balaban J connectivity index is 2.37. The maximum atomic E-state index is 13.5. The number of nitriles is 1. The fraction of sp³-hybridized carbons (Fsp3) is 0.259. The highest BCUT2D eigenvalue weighted by atomic mass is 19.4. The summed E-state index contributed by atoms with van der Waals surface area (Å²) in [6.45, 7) is 1.84. The van der Waals surface area contributed by atoms with Gasteiger partial charge in [0.25, 0.3) is 0 Å². The van der Waals surface area contributed by atoms with Crippen LogP contribution in [0.15, 0.2) is 53.7 Å². The predicted octanol–water partition coefficient (Wildman–Crippen LogP) is 3.03. The molecule has 0 bridgehead atoms. The van der Waals surface area contributed by atoms with Crippen molar-refractivity contribution in [2.45, 2.75) is 19.1 Å². The fourth-order valence-corrected chi connectivity index (χ4v) is 4.18. The summed E-state index contributed by atoms with van der Waals surface area (Å²) in [4.78, 5) is 28.7. The lowest BCUT2D eigenvalue weighted by Crippen LogP contribution is -2.54. The normalized spacial score (nSPS) is 15.6. The number of rotatable bonds is 4. The van der Waals surface area contributed by atoms with Gasteiger partial charge < -0.3 is 10.5 Å². The van der Waals surface area contributed by atoms with Crippen molar-refractivity contribution in [2.24, 2.45) is 11.5 Å². The number of carbonyl (C=O) groups excluding carboxylic acids is 2. The molecule has 3 rings (SSSR count). The van der Waals surface area contributed by atoms with Gasteiger partial charge in [0.15, 0.2) is 0 Å². The van der Waals surface area contributed by atoms with Gasteiger partial charge in [0.2, 0.25) is 0 Å². The van der Waals surface area contributed by atoms with Gasteiger partial charge >= 0.3 is 24.1 Å². The number of ether oxygens (including phenoxy) is 1. The van der Waals surface area contributed by atoms with E-state index in [9.17, 15) is 28.0 Å². The first-order valence-electron chi connectivity index (χ1n) is 11.5. The summed E-state index contributed by atoms with van der Waals surface area (Å²) in [5.74, 6) is 4.71. The molecule has 39 heavy (non-hydrogen) atoms. The molecule has 2 aromatic carbocycles. The van der Waals surface area contributed by atoms with Gasteiger partial charge in [0, 0.05) is 11.1 Å². The number of guanidine groups is 1. The van der Waals surface area contributed by atoms with Gasteiger partial charge in [0.05, 0.1) is 36.5 Å². The van der Waals surface area contributed by atoms with Gasteiger partial charge in [-0.3, -0.25) is 10.6 Å². The van der Waals surface area contributed by atoms with Crippen LogP contribution in [0.25, 0.3) is 0 Å². The third kappa shape index (κ3) is 5.87. The number of carbonyl (C=O) groups is 2. The Morgan fingerprint density at radius 1 is 1.21 bits per heavy atom. The molecule has 202 valence electrons. The Labute approximate surface area is 223 Å². The van der Waals surface area contributed by atoms with Crippen LogP contribution in [0.2, 0.25) is 0 Å². The molecule has 1 unspecified atom stereocenters. The predicted molar refractivity (Wildman–Crippen MR) is 136 cm³/mol. The molecule has 12 heteroatoms. The molecule has 0 radical (unpaired) electrons. The lowest BCUT2D eigenvalue weighted by atomic mass is 9.89. The van der Waals surface area contributed by atoms with E-state index >= 15 is 0 Å². The molecule has 0 aromatic heterocycles. The standard InChI is InChI=1S/C27H25F3N6O3/c1-16-22(24(37)39-4)23(21-11-10-17(15-31)13-18(21)7-6-12-34(2)3)36(26(33)38)25(32)35(16)20-9-5-8-19(14-20)27(28,29)30/h5,8-11,13-14,23,32H,12H2,1-4H3,(H2,33,38)/p+1. The van der Waals surface area contributed by atoms with Crippen LogP contribution in [0, 0.1) is 23.2 Å². The largest absolute Gasteiger partial charge is 0.465 e. The highest BCUT2D eigenvalue weighted by Crippen LogP contribution is 2.39. The summed E-state index contributed by atoms with van der Waals surface area (Å²) in [6, 6.07) is 8.42. The summed E-state index contributed by atoms with van der Waals surface area (Å²) in [5.41, 5.74) is 12.0. The molecule has 1 heterocycles. The van der Waals surface area contributed by atoms with Crippen LogP contribution in [0.1, 0.15) is 35.2 Å². The van der Waals surface area contributed by atoms with Gasteiger partial charge in [-0.2, -0.15) is 23.3 Å². The minimum atomic E-state index is -4.65. The van der Waals surface area contributed by atoms with E-state index in [-0.39, 0.29) is 28.5 Å². The molecule has 0 aliphatic carbocycles. The molecule has 0 saturated carbocycles. The van der Waals surface area contributed by atoms with Crippen molar-refractivity contribution in [1.29, 1.82) is 5.26 Å². The molecule has 1 aliphatic heterocycles. The molecule has 1 aliphatic rings. The van der Waals surface area contributed by atoms with E-state index in [1.54, 1.807) is 0 Å². The number of hydrogen-bond acceptors (Lipinski definition) is 6. The Hall–Kier alpha value is -4.81. The van der Waals surface area contributed by atoms with E-state index < -0.39 is 29.8 Å². The van der Waals surface area contributed by atoms with Crippen molar-refractivity contribution >= 4 is 23.6 Å². The molecule has 4 N–H and O–H groups in total. The van der Waals surface area contributed by atoms with E-state index in [2.05, 4.69) is 11.8 Å². The van der Waals surface area contributed by atoms with Gasteiger partial charge in [-0.15, -0.1) is 0 Å². The van der Waals surface area contributed by atoms with Crippen molar-refractivity contribution in [3.63, 3.8) is 0 Å². The second-order valence-electron chi connectivity index (χ2n) is 8.80. The van der Waals surface area contributed by atoms with Crippen LogP contribution in [0.5, 0.6) is 0 Å². The molecular formula is C27H26F3N6O3+. The van der Waals surface area contributed by atoms with Crippen molar-refractivity contribution < 1.29 is 32.1 Å². The van der Waals surface area contributed by atoms with Crippen LogP contribution in [0.3, 0.4) is 0 Å². The summed E-state index contributed by atoms with van der Waals surface area (Å²) >= 11 is 0. The van der Waals surface area contributed by atoms with Crippen LogP contribution >= 0.6 is 0 Å². The molecule has 9 nitrogen and oxygen atoms in total. The number of amides is 2. The van der Waals surface area contributed by atoms with Crippen LogP contribution in [-0.4, -0.2) is 60.1 Å². The first kappa shape index (κ1) is 28.8. The monoisotopic (exact) mass is 539 g/mol. The zero-order valence-electron chi connectivity index (χ0n) is 21.6. The fourth-order valence-electron chi connectivity index (χ4n) is 4.18. The first-order chi connectivity index (χ1) is 18.3. The number of primary amides is 1. The maximum Gasteiger partial charge on any atom is 0.416 e. The quantitative estimate of drug-likeness (QED) is 0.349. The van der Waals surface area contributed by atoms with Crippen LogP contribution in [0.4, 0.5) is 23.7 Å². The summed E-state index contributed by atoms with van der Waals surface area (Å²) in [7, 11) is 4.76. The number of hydrogen-bond donors (Lipinski definition) is 2. The van der Waals surface area contributed by atoms with Crippen LogP contribution < -0.4 is 11.5 Å². The zero-order valence-corrected chi connectivity index (χ0v) is 21.6. The lowest BCUT2D eigenvalue weighted by molar-refractivity contribution is -0.396. The number of urea groups is 1. The second-order valence-corrected chi connectivity index (χ2v) is 8.80. The molecule has 1 atom stereocenters. The Morgan fingerprint density at radius 2 is 1.90 bits per heavy atom. The second kappa shape index (κ2) is 11.3. The Kier molecular flexibility index (Phi) is 8.33. The zero-order chi connectivity index (χ0) is 29.1. The highest BCUT2D eigenvalue weighted by molar-refractivity contribution is 5.99. The molecule has 2 aromatic rings. The van der Waals surface area contributed by atoms with Gasteiger partial charge in [0.1, 0.15) is 17.3 Å². The molecule has 0 spiro atoms. The molecule has 0 fully saturated rings. The number of benzene rings is 2. The Morgan fingerprint density at radius 3 is 2.46 bits per heavy atom. The third-order valence-electron chi connectivity index (χ3n) is 5.90. The summed E-state index contributed by atoms with van der Waals surface area (Å²) < 4.78 is 46.5. The SMILES string of the molecule is COC(=O)C1=C(C)[N+](c2cccc(C(F)(F)F)c2)=C(N)N(C(N)=O)C1c1ccc(C#N)cc1C#CCN(C)C. The van der Waals surface area contributed by atoms with E-state index in [1.165, 1.54) is 37.3 Å². The van der Waals surface area contributed by atoms with E-state index in [4.69, 9.17) is 16.2 Å². The lowest BCUT2D eigenvalue weighted by Gasteiger charge is -2.33. The maximum absolute atomic E-state index is 13.5. The first-order valence-corrected chi connectivity index (χ1v) is 11.5. The number of halogens is 3. The Bertz CT molecular complexity index is 1490. The van der Waals surface area contributed by atoms with E-state index in [0.29, 0.717) is 17.7 Å². The number of allylic oxidation sites excluding steroid dienone is 1. The smallest absolute Gasteiger partial charge is 0.416 e. The minimum Gasteiger partial charge on any atom is -0.465 e. The average Bonchev–Trinajstić information content (AvgIpc) is 2.87. The number of esters is 1. The highest BCUT2D eigenvalue weighted by Gasteiger charge is 2.47. The van der Waals surface area contributed by atoms with Crippen LogP contribution in [-0.2, 0) is 15.7 Å². The summed E-state index contributed by atoms with van der Waals surface area (Å²) in [5, 5.41) is 9.43. The van der Waals surface area contributed by atoms with E-state index in [0.717, 1.165) is 28.7 Å². The molecule has 2 amide bonds. The van der Waals surface area contributed by atoms with E-state index in [1.807, 2.05) is 25.1 Å². The van der Waals surface area contributed by atoms with Gasteiger partial charge in [-0.25, -0.2) is 14.2 Å². The number of nitrogens with zero attached hydrogens (tertiary/aromatic N) is 4. The number of methoxy groups -OCH3 is 1. The average molecular weight is 540 g/mol. The van der Waals surface area contributed by atoms with Crippen molar-refractivity contribution in [1.82, 2.24) is 9.80 Å². The topological polar surface area (TPSA) is 129 Å². The van der Waals surface area contributed by atoms with Gasteiger partial charge in [-0.1, -0.05) is 24.0 Å². The number of nitrogens with two attached hydrogens (primary N) is 2. The minimum absolute atomic E-state index is 0.0586. The summed E-state index contributed by atoms with van der Waals surface area (Å²) in [6.07, 6.45) is -4.65. The van der Waals surface area contributed by atoms with Crippen molar-refractivity contribution in [2.75, 3.05) is 27.7 Å². The van der Waals surface area contributed by atoms with Crippen molar-refractivity contribution in [3.05, 3.63) is 76.0 Å².